The third-order valence-electron chi connectivity index (χ3n) is 7.33. The van der Waals surface area contributed by atoms with Crippen molar-refractivity contribution < 1.29 is 36.6 Å². The van der Waals surface area contributed by atoms with Gasteiger partial charge in [-0.05, 0) is 25.5 Å². The highest BCUT2D eigenvalue weighted by Gasteiger charge is 2.57. The Morgan fingerprint density at radius 1 is 1.27 bits per heavy atom. The summed E-state index contributed by atoms with van der Waals surface area (Å²) >= 11 is 1.18. The number of rotatable bonds is 7. The molecule has 4 N–H and O–H groups in total. The number of aromatic nitrogens is 6. The van der Waals surface area contributed by atoms with Crippen LogP contribution in [0.5, 0.6) is 0 Å². The molecule has 1 amide bonds. The van der Waals surface area contributed by atoms with Crippen molar-refractivity contribution in [1.29, 1.82) is 0 Å². The molecular formula is C24H19F5N8O3S. The van der Waals surface area contributed by atoms with Crippen molar-refractivity contribution in [1.82, 2.24) is 29.7 Å². The number of hydrogen-bond donors (Lipinski definition) is 3. The van der Waals surface area contributed by atoms with E-state index in [0.717, 1.165) is 4.68 Å². The highest BCUT2D eigenvalue weighted by atomic mass is 32.1. The van der Waals surface area contributed by atoms with Gasteiger partial charge in [-0.15, -0.1) is 11.3 Å². The lowest BCUT2D eigenvalue weighted by molar-refractivity contribution is -0.285. The number of carboxylic acid groups (broad SMARTS) is 1. The van der Waals surface area contributed by atoms with Gasteiger partial charge in [-0.25, -0.2) is 24.6 Å². The fourth-order valence-corrected chi connectivity index (χ4v) is 5.97. The second-order valence-corrected chi connectivity index (χ2v) is 10.9. The van der Waals surface area contributed by atoms with E-state index in [2.05, 4.69) is 30.4 Å². The first-order chi connectivity index (χ1) is 19.2. The second kappa shape index (κ2) is 8.86. The second-order valence-electron chi connectivity index (χ2n) is 10.00. The molecule has 3 atom stereocenters. The van der Waals surface area contributed by atoms with Crippen LogP contribution in [0.25, 0.3) is 22.6 Å². The number of carbonyl (C=O) groups is 2. The molecule has 2 unspecified atom stereocenters. The molecule has 5 heterocycles. The van der Waals surface area contributed by atoms with E-state index in [4.69, 9.17) is 5.73 Å². The zero-order valence-electron chi connectivity index (χ0n) is 20.9. The predicted molar refractivity (Wildman–Crippen MR) is 134 cm³/mol. The van der Waals surface area contributed by atoms with Crippen LogP contribution < -0.4 is 11.1 Å². The third-order valence-corrected chi connectivity index (χ3v) is 8.41. The maximum Gasteiger partial charge on any atom is 0.453 e. The van der Waals surface area contributed by atoms with Crippen LogP contribution in [0.3, 0.4) is 0 Å². The summed E-state index contributed by atoms with van der Waals surface area (Å²) in [6, 6.07) is 3.05. The number of nitrogens with two attached hydrogens (primary N) is 1. The number of nitrogens with one attached hydrogen (secondary N) is 1. The van der Waals surface area contributed by atoms with E-state index >= 15 is 0 Å². The quantitative estimate of drug-likeness (QED) is 0.269. The Bertz CT molecular complexity index is 1740. The molecule has 1 fully saturated rings. The molecule has 4 aromatic heterocycles. The number of hydrogen-bond acceptors (Lipinski definition) is 9. The van der Waals surface area contributed by atoms with E-state index < -0.39 is 48.3 Å². The SMILES string of the molecule is C[C@@]1(c2nc(C3CC3C(=O)O)cs2)C(=O)Nc2nc(-c3nn(CCC(F)(F)C(F)(F)F)c4ncccc34)nc(N)c21. The topological polar surface area (TPSA) is 162 Å². The van der Waals surface area contributed by atoms with Crippen LogP contribution >= 0.6 is 11.3 Å². The number of halogens is 5. The van der Waals surface area contributed by atoms with E-state index in [9.17, 15) is 36.6 Å². The van der Waals surface area contributed by atoms with Crippen molar-refractivity contribution >= 4 is 45.9 Å². The van der Waals surface area contributed by atoms with Crippen LogP contribution in [-0.2, 0) is 21.5 Å². The summed E-state index contributed by atoms with van der Waals surface area (Å²) in [5.74, 6) is -7.27. The van der Waals surface area contributed by atoms with E-state index in [1.54, 1.807) is 12.3 Å². The Morgan fingerprint density at radius 2 is 2.02 bits per heavy atom. The first kappa shape index (κ1) is 26.9. The van der Waals surface area contributed by atoms with Crippen molar-refractivity contribution in [3.8, 4) is 11.5 Å². The Morgan fingerprint density at radius 3 is 2.71 bits per heavy atom. The van der Waals surface area contributed by atoms with Gasteiger partial charge in [0.1, 0.15) is 27.8 Å². The number of thiazole rings is 1. The molecule has 1 aliphatic carbocycles. The molecule has 6 rings (SSSR count). The molecule has 0 spiro atoms. The van der Waals surface area contributed by atoms with Crippen molar-refractivity contribution in [2.45, 2.75) is 49.7 Å². The summed E-state index contributed by atoms with van der Waals surface area (Å²) in [5.41, 5.74) is 5.79. The summed E-state index contributed by atoms with van der Waals surface area (Å²) in [7, 11) is 0. The van der Waals surface area contributed by atoms with Gasteiger partial charge >= 0.3 is 18.1 Å². The minimum atomic E-state index is -5.72. The number of aliphatic carboxylic acids is 1. The molecule has 1 saturated carbocycles. The number of nitrogens with zero attached hydrogens (tertiary/aromatic N) is 6. The molecule has 214 valence electrons. The number of carbonyl (C=O) groups excluding carboxylic acids is 1. The molecule has 17 heteroatoms. The van der Waals surface area contributed by atoms with Gasteiger partial charge in [0.2, 0.25) is 5.91 Å². The zero-order valence-corrected chi connectivity index (χ0v) is 21.7. The first-order valence-corrected chi connectivity index (χ1v) is 13.0. The van der Waals surface area contributed by atoms with E-state index in [1.807, 2.05) is 0 Å². The Kier molecular flexibility index (Phi) is 5.82. The van der Waals surface area contributed by atoms with E-state index in [1.165, 1.54) is 29.7 Å². The lowest BCUT2D eigenvalue weighted by Crippen LogP contribution is -2.37. The zero-order chi connectivity index (χ0) is 29.5. The van der Waals surface area contributed by atoms with Crippen molar-refractivity contribution in [2.75, 3.05) is 11.1 Å². The lowest BCUT2D eigenvalue weighted by atomic mass is 9.85. The molecule has 1 aliphatic heterocycles. The van der Waals surface area contributed by atoms with E-state index in [-0.39, 0.29) is 45.7 Å². The summed E-state index contributed by atoms with van der Waals surface area (Å²) in [6.07, 6.45) is -5.49. The van der Waals surface area contributed by atoms with Crippen LogP contribution in [0.1, 0.15) is 41.9 Å². The van der Waals surface area contributed by atoms with Crippen LogP contribution in [0.15, 0.2) is 23.7 Å². The number of fused-ring (bicyclic) bond motifs is 2. The summed E-state index contributed by atoms with van der Waals surface area (Å²) < 4.78 is 66.3. The van der Waals surface area contributed by atoms with Crippen molar-refractivity contribution in [3.63, 3.8) is 0 Å². The van der Waals surface area contributed by atoms with Crippen molar-refractivity contribution in [2.24, 2.45) is 5.92 Å². The van der Waals surface area contributed by atoms with Gasteiger partial charge in [-0.3, -0.25) is 9.59 Å². The first-order valence-electron chi connectivity index (χ1n) is 12.2. The van der Waals surface area contributed by atoms with Gasteiger partial charge in [-0.2, -0.15) is 27.1 Å². The lowest BCUT2D eigenvalue weighted by Gasteiger charge is -2.20. The summed E-state index contributed by atoms with van der Waals surface area (Å²) in [4.78, 5) is 41.9. The van der Waals surface area contributed by atoms with Gasteiger partial charge < -0.3 is 16.2 Å². The molecule has 11 nitrogen and oxygen atoms in total. The van der Waals surface area contributed by atoms with Gasteiger partial charge in [0.25, 0.3) is 0 Å². The number of carboxylic acids is 1. The maximum absolute atomic E-state index is 13.6. The van der Waals surface area contributed by atoms with Gasteiger partial charge in [-0.1, -0.05) is 0 Å². The number of anilines is 2. The number of amides is 1. The van der Waals surface area contributed by atoms with Crippen molar-refractivity contribution in [3.05, 3.63) is 40.0 Å². The van der Waals surface area contributed by atoms with Crippen LogP contribution in [0.2, 0.25) is 0 Å². The molecule has 41 heavy (non-hydrogen) atoms. The number of aryl methyl sites for hydroxylation is 1. The van der Waals surface area contributed by atoms with Crippen LogP contribution in [0, 0.1) is 5.92 Å². The molecule has 2 aliphatic rings. The number of pyridine rings is 1. The third kappa shape index (κ3) is 4.17. The molecular weight excluding hydrogens is 575 g/mol. The molecule has 0 aromatic carbocycles. The highest BCUT2D eigenvalue weighted by Crippen LogP contribution is 2.51. The Balaban J connectivity index is 1.37. The monoisotopic (exact) mass is 594 g/mol. The normalized spacial score (nSPS) is 22.1. The standard InChI is InChI=1S/C24H19F5N8O3S/c1-22(21-32-12(8-41-21)10-7-11(10)19(38)39)13-15(30)33-17(34-16(13)35-20(22)40)14-9-3-2-5-31-18(9)37(36-14)6-4-23(25,26)24(27,28)29/h2-3,5,8,10-11H,4,6-7H2,1H3,(H,38,39)(H3,30,33,34,35,40)/t10?,11?,22-/m0/s1. The smallest absolute Gasteiger partial charge is 0.453 e. The van der Waals surface area contributed by atoms with E-state index in [0.29, 0.717) is 17.1 Å². The number of nitrogen functional groups attached to an aromatic ring is 1. The molecule has 0 bridgehead atoms. The van der Waals surface area contributed by atoms with Gasteiger partial charge in [0.15, 0.2) is 11.5 Å². The Labute approximate surface area is 230 Å². The minimum absolute atomic E-state index is 0.0192. The fourth-order valence-electron chi connectivity index (χ4n) is 4.92. The molecule has 0 radical (unpaired) electrons. The molecule has 4 aromatic rings. The summed E-state index contributed by atoms with van der Waals surface area (Å²) in [6.45, 7) is 0.790. The largest absolute Gasteiger partial charge is 0.481 e. The van der Waals surface area contributed by atoms with Gasteiger partial charge in [0, 0.05) is 30.5 Å². The van der Waals surface area contributed by atoms with Crippen LogP contribution in [0.4, 0.5) is 33.6 Å². The highest BCUT2D eigenvalue weighted by molar-refractivity contribution is 7.10. The Hall–Kier alpha value is -4.28. The van der Waals surface area contributed by atoms with Crippen LogP contribution in [-0.4, -0.2) is 58.8 Å². The minimum Gasteiger partial charge on any atom is -0.481 e. The molecule has 0 saturated heterocycles. The average molecular weight is 595 g/mol. The maximum atomic E-state index is 13.6. The van der Waals surface area contributed by atoms with Gasteiger partial charge in [0.05, 0.1) is 22.6 Å². The average Bonchev–Trinajstić information content (AvgIpc) is 3.27. The predicted octanol–water partition coefficient (Wildman–Crippen LogP) is 3.96. The number of alkyl halides is 5. The fraction of sp³-hybridized carbons (Fsp3) is 0.375. The summed E-state index contributed by atoms with van der Waals surface area (Å²) in [5, 5.41) is 18.4.